The summed E-state index contributed by atoms with van der Waals surface area (Å²) in [6.07, 6.45) is 0.540. The summed E-state index contributed by atoms with van der Waals surface area (Å²) < 4.78 is 37.4. The average Bonchev–Trinajstić information content (AvgIpc) is 3.21. The van der Waals surface area contributed by atoms with E-state index in [9.17, 15) is 22.8 Å². The van der Waals surface area contributed by atoms with Crippen molar-refractivity contribution in [2.24, 2.45) is 12.2 Å². The van der Waals surface area contributed by atoms with E-state index in [1.807, 2.05) is 0 Å². The Hall–Kier alpha value is -3.44. The second-order valence-corrected chi connectivity index (χ2v) is 7.81. The van der Waals surface area contributed by atoms with Crippen molar-refractivity contribution >= 4 is 34.3 Å². The van der Waals surface area contributed by atoms with Gasteiger partial charge in [0.1, 0.15) is 12.1 Å². The van der Waals surface area contributed by atoms with Gasteiger partial charge >= 0.3 is 22.5 Å². The molecule has 2 atom stereocenters. The lowest BCUT2D eigenvalue weighted by atomic mass is 9.97. The first-order chi connectivity index (χ1) is 15.0. The van der Waals surface area contributed by atoms with Crippen molar-refractivity contribution in [1.29, 1.82) is 0 Å². The molecule has 2 aliphatic heterocycles. The number of rotatable bonds is 7. The third-order valence-electron chi connectivity index (χ3n) is 4.72. The number of carbonyl (C=O) groups is 3. The topological polar surface area (TPSA) is 197 Å². The van der Waals surface area contributed by atoms with Gasteiger partial charge in [-0.1, -0.05) is 5.16 Å². The van der Waals surface area contributed by atoms with Gasteiger partial charge in [0.15, 0.2) is 5.84 Å². The van der Waals surface area contributed by atoms with E-state index >= 15 is 0 Å². The number of aryl methyl sites for hydroxylation is 1. The maximum Gasteiger partial charge on any atom is 0.433 e. The lowest BCUT2D eigenvalue weighted by Crippen LogP contribution is -2.44. The average molecular weight is 474 g/mol. The van der Waals surface area contributed by atoms with Crippen molar-refractivity contribution in [3.05, 3.63) is 17.5 Å². The van der Waals surface area contributed by atoms with Gasteiger partial charge in [-0.25, -0.2) is 9.59 Å². The Morgan fingerprint density at radius 1 is 1.34 bits per heavy atom. The summed E-state index contributed by atoms with van der Waals surface area (Å²) in [4.78, 5) is 41.6. The Morgan fingerprint density at radius 2 is 2.03 bits per heavy atom. The Bertz CT molecular complexity index is 1050. The van der Waals surface area contributed by atoms with Crippen LogP contribution < -0.4 is 16.0 Å². The van der Waals surface area contributed by atoms with Crippen LogP contribution in [0.1, 0.15) is 30.3 Å². The van der Waals surface area contributed by atoms with Gasteiger partial charge in [-0.2, -0.15) is 18.6 Å². The molecule has 4 amide bonds. The molecule has 0 saturated carbocycles. The lowest BCUT2D eigenvalue weighted by molar-refractivity contribution is -0.118. The molecule has 1 aromatic rings. The van der Waals surface area contributed by atoms with Crippen molar-refractivity contribution in [2.75, 3.05) is 26.7 Å². The van der Waals surface area contributed by atoms with Gasteiger partial charge < -0.3 is 20.9 Å². The maximum atomic E-state index is 12.8. The zero-order valence-corrected chi connectivity index (χ0v) is 18.1. The first-order valence-corrected chi connectivity index (χ1v) is 10.6. The molecule has 1 fully saturated rings. The number of amides is 4. The summed E-state index contributed by atoms with van der Waals surface area (Å²) in [7, 11) is -1.85. The molecule has 17 heteroatoms. The number of nitrogens with zero attached hydrogens (tertiary/aromatic N) is 5. The zero-order valence-electron chi connectivity index (χ0n) is 17.3. The molecule has 3 heterocycles. The first kappa shape index (κ1) is 23.2. The summed E-state index contributed by atoms with van der Waals surface area (Å²) in [5.41, 5.74) is 0.935. The molecule has 2 aliphatic rings. The molecule has 2 unspecified atom stereocenters. The number of hydrogen-bond donors (Lipinski definition) is 4. The third-order valence-corrected chi connectivity index (χ3v) is 5.06. The highest BCUT2D eigenvalue weighted by Gasteiger charge is 2.53. The number of hydrogen-bond acceptors (Lipinski definition) is 9. The monoisotopic (exact) mass is 474 g/mol. The minimum atomic E-state index is -4.95. The van der Waals surface area contributed by atoms with E-state index in [4.69, 9.17) is 9.39 Å². The van der Waals surface area contributed by atoms with Crippen LogP contribution in [-0.2, 0) is 31.4 Å². The van der Waals surface area contributed by atoms with E-state index < -0.39 is 34.6 Å². The Labute approximate surface area is 182 Å². The van der Waals surface area contributed by atoms with Gasteiger partial charge in [0.2, 0.25) is 5.91 Å². The number of oxime groups is 1. The molecule has 16 nitrogen and oxygen atoms in total. The van der Waals surface area contributed by atoms with Crippen LogP contribution in [0.5, 0.6) is 0 Å². The van der Waals surface area contributed by atoms with Crippen LogP contribution in [0.3, 0.4) is 0 Å². The quantitative estimate of drug-likeness (QED) is 0.0890. The number of hydroxylamine groups is 2. The summed E-state index contributed by atoms with van der Waals surface area (Å²) in [5, 5.41) is 16.1. The van der Waals surface area contributed by atoms with Gasteiger partial charge in [-0.3, -0.25) is 18.9 Å². The number of amidine groups is 1. The number of aromatic nitrogens is 2. The normalized spacial score (nSPS) is 20.1. The summed E-state index contributed by atoms with van der Waals surface area (Å²) >= 11 is 0. The molecular formula is C15H22N8O8S. The molecule has 1 saturated heterocycles. The van der Waals surface area contributed by atoms with Gasteiger partial charge in [-0.05, 0) is 0 Å². The van der Waals surface area contributed by atoms with E-state index in [1.54, 1.807) is 7.05 Å². The molecule has 3 rings (SSSR count). The fraction of sp³-hybridized carbons (Fsp3) is 0.533. The predicted octanol–water partition coefficient (Wildman–Crippen LogP) is -1.62. The van der Waals surface area contributed by atoms with E-state index in [0.29, 0.717) is 16.3 Å². The standard InChI is InChI=1S/C15H22N8O8S/c1-8(24)17-4-5-18-14(25)30-20-13(16-2)12-11-9(6-19-21(11)3)10-7-22(12)15(26)23(10)31-32(27,28)29/h6,10,12H,4-5,7H2,1-3H3,(H,16,20)(H,17,24)(H,18,25)(H,27,28,29). The minimum Gasteiger partial charge on any atom is -0.372 e. The van der Waals surface area contributed by atoms with Crippen LogP contribution in [0.4, 0.5) is 9.59 Å². The molecule has 4 N–H and O–H groups in total. The van der Waals surface area contributed by atoms with Gasteiger partial charge in [-0.15, -0.1) is 4.28 Å². The van der Waals surface area contributed by atoms with Gasteiger partial charge in [0.25, 0.3) is 0 Å². The molecule has 32 heavy (non-hydrogen) atoms. The summed E-state index contributed by atoms with van der Waals surface area (Å²) in [5.74, 6) is -0.201. The Balaban J connectivity index is 1.82. The van der Waals surface area contributed by atoms with E-state index in [1.165, 1.54) is 29.7 Å². The highest BCUT2D eigenvalue weighted by molar-refractivity contribution is 7.80. The SMILES string of the molecule is CN/C(=N\OC(=O)NCCNC(C)=O)C1c2c(cnn2C)C2CN1C(=O)N2OS(=O)(=O)O. The van der Waals surface area contributed by atoms with E-state index in [0.717, 1.165) is 0 Å². The second-order valence-electron chi connectivity index (χ2n) is 6.81. The Kier molecular flexibility index (Phi) is 6.51. The molecular weight excluding hydrogens is 452 g/mol. The van der Waals surface area contributed by atoms with Crippen molar-refractivity contribution in [3.63, 3.8) is 0 Å². The van der Waals surface area contributed by atoms with Crippen molar-refractivity contribution < 1.29 is 36.5 Å². The van der Waals surface area contributed by atoms with Crippen LogP contribution in [0.25, 0.3) is 0 Å². The van der Waals surface area contributed by atoms with Gasteiger partial charge in [0, 0.05) is 39.7 Å². The van der Waals surface area contributed by atoms with E-state index in [-0.39, 0.29) is 31.4 Å². The van der Waals surface area contributed by atoms with Gasteiger partial charge in [0.05, 0.1) is 18.4 Å². The highest BCUT2D eigenvalue weighted by Crippen LogP contribution is 2.44. The first-order valence-electron chi connectivity index (χ1n) is 9.27. The van der Waals surface area contributed by atoms with Crippen LogP contribution in [0.2, 0.25) is 0 Å². The third kappa shape index (κ3) is 4.73. The molecule has 176 valence electrons. The van der Waals surface area contributed by atoms with Crippen molar-refractivity contribution in [3.8, 4) is 0 Å². The van der Waals surface area contributed by atoms with Crippen LogP contribution in [0, 0.1) is 0 Å². The molecule has 0 aromatic carbocycles. The largest absolute Gasteiger partial charge is 0.433 e. The fourth-order valence-electron chi connectivity index (χ4n) is 3.46. The number of nitrogens with one attached hydrogen (secondary N) is 3. The minimum absolute atomic E-state index is 0.00132. The molecule has 0 aliphatic carbocycles. The zero-order chi connectivity index (χ0) is 23.6. The van der Waals surface area contributed by atoms with Crippen molar-refractivity contribution in [1.82, 2.24) is 35.7 Å². The van der Waals surface area contributed by atoms with Crippen LogP contribution >= 0.6 is 0 Å². The predicted molar refractivity (Wildman–Crippen MR) is 105 cm³/mol. The summed E-state index contributed by atoms with van der Waals surface area (Å²) in [6, 6.07) is -2.62. The second kappa shape index (κ2) is 8.97. The lowest BCUT2D eigenvalue weighted by Gasteiger charge is -2.31. The Morgan fingerprint density at radius 3 is 2.66 bits per heavy atom. The molecule has 2 bridgehead atoms. The number of carbonyl (C=O) groups excluding carboxylic acids is 3. The molecule has 0 spiro atoms. The highest BCUT2D eigenvalue weighted by atomic mass is 32.3. The molecule has 0 radical (unpaired) electrons. The van der Waals surface area contributed by atoms with Crippen molar-refractivity contribution in [2.45, 2.75) is 19.0 Å². The van der Waals surface area contributed by atoms with E-state index in [2.05, 4.69) is 30.5 Å². The van der Waals surface area contributed by atoms with Crippen LogP contribution in [0.15, 0.2) is 11.4 Å². The maximum absolute atomic E-state index is 12.8. The number of fused-ring (bicyclic) bond motifs is 4. The number of urea groups is 1. The molecule has 1 aromatic heterocycles. The van der Waals surface area contributed by atoms with Crippen LogP contribution in [-0.4, -0.2) is 83.3 Å². The summed E-state index contributed by atoms with van der Waals surface area (Å²) in [6.45, 7) is 1.64. The smallest absolute Gasteiger partial charge is 0.372 e. The fourth-order valence-corrected chi connectivity index (χ4v) is 3.83. The number of likely N-dealkylation sites (N-methyl/N-ethyl adjacent to an activating group) is 1.